The SMILES string of the molecule is COc1ccc(C(=O)Nc2cc(C)[nH]n2)cn1. The Balaban J connectivity index is 2.09. The number of anilines is 1. The molecular formula is C11H12N4O2. The molecule has 0 fully saturated rings. The second kappa shape index (κ2) is 4.65. The van der Waals surface area contributed by atoms with Crippen LogP contribution < -0.4 is 10.1 Å². The van der Waals surface area contributed by atoms with Gasteiger partial charge in [0.2, 0.25) is 5.88 Å². The predicted molar refractivity (Wildman–Crippen MR) is 62.1 cm³/mol. The van der Waals surface area contributed by atoms with E-state index in [2.05, 4.69) is 20.5 Å². The van der Waals surface area contributed by atoms with Crippen LogP contribution in [0.4, 0.5) is 5.82 Å². The van der Waals surface area contributed by atoms with Gasteiger partial charge in [-0.15, -0.1) is 0 Å². The van der Waals surface area contributed by atoms with Gasteiger partial charge in [-0.2, -0.15) is 5.10 Å². The average molecular weight is 232 g/mol. The molecule has 2 N–H and O–H groups in total. The van der Waals surface area contributed by atoms with E-state index in [4.69, 9.17) is 4.74 Å². The molecule has 6 nitrogen and oxygen atoms in total. The number of aryl methyl sites for hydroxylation is 1. The number of amides is 1. The van der Waals surface area contributed by atoms with Gasteiger partial charge in [0.25, 0.3) is 5.91 Å². The molecule has 0 radical (unpaired) electrons. The van der Waals surface area contributed by atoms with Crippen molar-refractivity contribution in [2.75, 3.05) is 12.4 Å². The molecule has 0 unspecified atom stereocenters. The van der Waals surface area contributed by atoms with Crippen molar-refractivity contribution in [3.05, 3.63) is 35.7 Å². The van der Waals surface area contributed by atoms with E-state index < -0.39 is 0 Å². The van der Waals surface area contributed by atoms with Crippen LogP contribution >= 0.6 is 0 Å². The maximum Gasteiger partial charge on any atom is 0.258 e. The van der Waals surface area contributed by atoms with E-state index in [1.807, 2.05) is 6.92 Å². The Bertz CT molecular complexity index is 519. The van der Waals surface area contributed by atoms with Crippen molar-refractivity contribution in [2.24, 2.45) is 0 Å². The van der Waals surface area contributed by atoms with Crippen LogP contribution in [0.15, 0.2) is 24.4 Å². The summed E-state index contributed by atoms with van der Waals surface area (Å²) in [5.74, 6) is 0.701. The lowest BCUT2D eigenvalue weighted by atomic mass is 10.2. The number of rotatable bonds is 3. The minimum Gasteiger partial charge on any atom is -0.481 e. The van der Waals surface area contributed by atoms with E-state index in [0.717, 1.165) is 5.69 Å². The quantitative estimate of drug-likeness (QED) is 0.837. The van der Waals surface area contributed by atoms with Gasteiger partial charge in [-0.1, -0.05) is 0 Å². The first-order chi connectivity index (χ1) is 8.19. The molecule has 0 aromatic carbocycles. The zero-order valence-electron chi connectivity index (χ0n) is 9.52. The number of carbonyl (C=O) groups is 1. The van der Waals surface area contributed by atoms with Crippen LogP contribution in [0.2, 0.25) is 0 Å². The Kier molecular flexibility index (Phi) is 3.04. The number of aromatic nitrogens is 3. The summed E-state index contributed by atoms with van der Waals surface area (Å²) in [6.45, 7) is 1.86. The zero-order valence-corrected chi connectivity index (χ0v) is 9.52. The summed E-state index contributed by atoms with van der Waals surface area (Å²) < 4.78 is 4.91. The van der Waals surface area contributed by atoms with Crippen LogP contribution in [0, 0.1) is 6.92 Å². The van der Waals surface area contributed by atoms with E-state index in [0.29, 0.717) is 17.3 Å². The Morgan fingerprint density at radius 1 is 1.47 bits per heavy atom. The summed E-state index contributed by atoms with van der Waals surface area (Å²) in [6.07, 6.45) is 1.45. The standard InChI is InChI=1S/C11H12N4O2/c1-7-5-9(15-14-7)13-11(16)8-3-4-10(17-2)12-6-8/h3-6H,1-2H3,(H2,13,14,15,16). The lowest BCUT2D eigenvalue weighted by Crippen LogP contribution is -2.12. The van der Waals surface area contributed by atoms with Crippen molar-refractivity contribution in [3.63, 3.8) is 0 Å². The molecule has 0 saturated heterocycles. The Hall–Kier alpha value is -2.37. The molecule has 17 heavy (non-hydrogen) atoms. The minimum absolute atomic E-state index is 0.258. The molecule has 0 aliphatic heterocycles. The first-order valence-electron chi connectivity index (χ1n) is 5.02. The molecule has 0 aliphatic carbocycles. The predicted octanol–water partition coefficient (Wildman–Crippen LogP) is 1.37. The lowest BCUT2D eigenvalue weighted by molar-refractivity contribution is 0.102. The van der Waals surface area contributed by atoms with Gasteiger partial charge in [0, 0.05) is 24.0 Å². The van der Waals surface area contributed by atoms with Gasteiger partial charge in [-0.3, -0.25) is 9.89 Å². The third kappa shape index (κ3) is 2.60. The summed E-state index contributed by atoms with van der Waals surface area (Å²) in [4.78, 5) is 15.7. The van der Waals surface area contributed by atoms with Crippen LogP contribution in [-0.4, -0.2) is 28.2 Å². The fraction of sp³-hybridized carbons (Fsp3) is 0.182. The van der Waals surface area contributed by atoms with Gasteiger partial charge in [-0.05, 0) is 13.0 Å². The molecule has 0 bridgehead atoms. The highest BCUT2D eigenvalue weighted by molar-refractivity contribution is 6.03. The number of hydrogen-bond donors (Lipinski definition) is 2. The summed E-state index contributed by atoms with van der Waals surface area (Å²) in [5.41, 5.74) is 1.33. The van der Waals surface area contributed by atoms with Gasteiger partial charge >= 0.3 is 0 Å². The van der Waals surface area contributed by atoms with E-state index >= 15 is 0 Å². The molecule has 2 aromatic heterocycles. The van der Waals surface area contributed by atoms with Gasteiger partial charge in [0.15, 0.2) is 5.82 Å². The maximum atomic E-state index is 11.8. The highest BCUT2D eigenvalue weighted by Gasteiger charge is 2.08. The number of carbonyl (C=O) groups excluding carboxylic acids is 1. The smallest absolute Gasteiger partial charge is 0.258 e. The fourth-order valence-electron chi connectivity index (χ4n) is 1.31. The van der Waals surface area contributed by atoms with Crippen LogP contribution in [0.3, 0.4) is 0 Å². The summed E-state index contributed by atoms with van der Waals surface area (Å²) in [6, 6.07) is 5.01. The van der Waals surface area contributed by atoms with Gasteiger partial charge in [-0.25, -0.2) is 4.98 Å². The average Bonchev–Trinajstić information content (AvgIpc) is 2.75. The summed E-state index contributed by atoms with van der Waals surface area (Å²) in [7, 11) is 1.52. The largest absolute Gasteiger partial charge is 0.481 e. The number of hydrogen-bond acceptors (Lipinski definition) is 4. The third-order valence-electron chi connectivity index (χ3n) is 2.16. The molecule has 88 valence electrons. The summed E-state index contributed by atoms with van der Waals surface area (Å²) in [5, 5.41) is 9.31. The number of ether oxygens (including phenoxy) is 1. The molecule has 0 saturated carbocycles. The van der Waals surface area contributed by atoms with E-state index in [9.17, 15) is 4.79 Å². The lowest BCUT2D eigenvalue weighted by Gasteiger charge is -2.02. The van der Waals surface area contributed by atoms with Gasteiger partial charge < -0.3 is 10.1 Å². The number of aromatic amines is 1. The topological polar surface area (TPSA) is 79.9 Å². The van der Waals surface area contributed by atoms with E-state index in [1.165, 1.54) is 13.3 Å². The molecular weight excluding hydrogens is 220 g/mol. The van der Waals surface area contributed by atoms with Crippen molar-refractivity contribution in [1.82, 2.24) is 15.2 Å². The monoisotopic (exact) mass is 232 g/mol. The van der Waals surface area contributed by atoms with E-state index in [1.54, 1.807) is 18.2 Å². The molecule has 6 heteroatoms. The second-order valence-corrected chi connectivity index (χ2v) is 3.48. The van der Waals surface area contributed by atoms with Crippen molar-refractivity contribution in [3.8, 4) is 5.88 Å². The first-order valence-corrected chi connectivity index (χ1v) is 5.02. The Morgan fingerprint density at radius 2 is 2.29 bits per heavy atom. The normalized spacial score (nSPS) is 10.0. The van der Waals surface area contributed by atoms with Crippen molar-refractivity contribution in [1.29, 1.82) is 0 Å². The number of nitrogens with zero attached hydrogens (tertiary/aromatic N) is 2. The van der Waals surface area contributed by atoms with Gasteiger partial charge in [0.05, 0.1) is 12.7 Å². The molecule has 0 aliphatic rings. The van der Waals surface area contributed by atoms with Crippen molar-refractivity contribution < 1.29 is 9.53 Å². The van der Waals surface area contributed by atoms with Crippen molar-refractivity contribution >= 4 is 11.7 Å². The van der Waals surface area contributed by atoms with E-state index in [-0.39, 0.29) is 5.91 Å². The minimum atomic E-state index is -0.258. The zero-order chi connectivity index (χ0) is 12.3. The number of pyridine rings is 1. The van der Waals surface area contributed by atoms with Crippen LogP contribution in [0.5, 0.6) is 5.88 Å². The summed E-state index contributed by atoms with van der Waals surface area (Å²) >= 11 is 0. The van der Waals surface area contributed by atoms with Gasteiger partial charge in [0.1, 0.15) is 0 Å². The van der Waals surface area contributed by atoms with Crippen LogP contribution in [0.1, 0.15) is 16.1 Å². The molecule has 2 heterocycles. The Morgan fingerprint density at radius 3 is 2.82 bits per heavy atom. The second-order valence-electron chi connectivity index (χ2n) is 3.48. The van der Waals surface area contributed by atoms with Crippen LogP contribution in [-0.2, 0) is 0 Å². The molecule has 0 atom stereocenters. The third-order valence-corrected chi connectivity index (χ3v) is 2.16. The molecule has 1 amide bonds. The number of methoxy groups -OCH3 is 1. The molecule has 2 rings (SSSR count). The maximum absolute atomic E-state index is 11.8. The Labute approximate surface area is 98.0 Å². The molecule has 0 spiro atoms. The fourth-order valence-corrected chi connectivity index (χ4v) is 1.31. The van der Waals surface area contributed by atoms with Crippen molar-refractivity contribution in [2.45, 2.75) is 6.92 Å². The number of H-pyrrole nitrogens is 1. The van der Waals surface area contributed by atoms with Crippen LogP contribution in [0.25, 0.3) is 0 Å². The highest BCUT2D eigenvalue weighted by atomic mass is 16.5. The highest BCUT2D eigenvalue weighted by Crippen LogP contribution is 2.09. The molecule has 2 aromatic rings. The first kappa shape index (κ1) is 11.1. The number of nitrogens with one attached hydrogen (secondary N) is 2.